The van der Waals surface area contributed by atoms with Crippen molar-refractivity contribution in [1.29, 1.82) is 0 Å². The van der Waals surface area contributed by atoms with Crippen LogP contribution in [0.4, 0.5) is 0 Å². The van der Waals surface area contributed by atoms with E-state index in [9.17, 15) is 9.35 Å². The molecule has 7 heteroatoms. The van der Waals surface area contributed by atoms with Crippen molar-refractivity contribution in [2.75, 3.05) is 0 Å². The fourth-order valence-electron chi connectivity index (χ4n) is 2.26. The molecule has 0 fully saturated rings. The molecule has 0 aromatic heterocycles. The average Bonchev–Trinajstić information content (AvgIpc) is 2.60. The second-order valence-corrected chi connectivity index (χ2v) is 9.14. The molecule has 26 heavy (non-hydrogen) atoms. The smallest absolute Gasteiger partial charge is 0.350 e. The highest BCUT2D eigenvalue weighted by molar-refractivity contribution is 7.91. The minimum absolute atomic E-state index is 0.405. The zero-order valence-electron chi connectivity index (χ0n) is 14.7. The molecule has 0 N–H and O–H groups in total. The lowest BCUT2D eigenvalue weighted by atomic mass is 9.96. The lowest BCUT2D eigenvalue weighted by molar-refractivity contribution is 0.0771. The molecule has 1 unspecified atom stereocenters. The molecule has 0 heterocycles. The summed E-state index contributed by atoms with van der Waals surface area (Å²) in [7, 11) is 0. The van der Waals surface area contributed by atoms with Gasteiger partial charge in [0.05, 0.1) is 11.8 Å². The van der Waals surface area contributed by atoms with E-state index in [1.807, 2.05) is 39.0 Å². The van der Waals surface area contributed by atoms with Gasteiger partial charge in [-0.3, -0.25) is 0 Å². The first-order chi connectivity index (χ1) is 12.2. The number of nitrogens with zero attached hydrogens (tertiary/aromatic N) is 1. The van der Waals surface area contributed by atoms with Gasteiger partial charge < -0.3 is 8.74 Å². The van der Waals surface area contributed by atoms with Gasteiger partial charge in [0.2, 0.25) is 0 Å². The predicted molar refractivity (Wildman–Crippen MR) is 111 cm³/mol. The molecule has 4 nitrogen and oxygen atoms in total. The molecule has 1 atom stereocenters. The number of rotatable bonds is 5. The molecule has 2 aromatic rings. The summed E-state index contributed by atoms with van der Waals surface area (Å²) in [5, 5.41) is 0.546. The molecule has 2 rings (SSSR count). The van der Waals surface area contributed by atoms with Crippen LogP contribution in [0.25, 0.3) is 0 Å². The van der Waals surface area contributed by atoms with E-state index >= 15 is 0 Å². The SMILES string of the molecule is CC(C)(C)[S+]([O-])/N=C/c1cccc(Cl)c1Cc1ccccc1C(=O)OS. The highest BCUT2D eigenvalue weighted by Crippen LogP contribution is 2.25. The number of halogens is 1. The van der Waals surface area contributed by atoms with E-state index in [0.29, 0.717) is 17.0 Å². The van der Waals surface area contributed by atoms with Gasteiger partial charge in [-0.1, -0.05) is 46.3 Å². The summed E-state index contributed by atoms with van der Waals surface area (Å²) >= 11 is 8.60. The lowest BCUT2D eigenvalue weighted by Gasteiger charge is -2.18. The molecular weight excluding hydrogens is 390 g/mol. The maximum absolute atomic E-state index is 12.2. The third-order valence-corrected chi connectivity index (χ3v) is 5.52. The molecule has 0 aliphatic rings. The fraction of sp³-hybridized carbons (Fsp3) is 0.263. The third kappa shape index (κ3) is 5.27. The second kappa shape index (κ2) is 8.95. The van der Waals surface area contributed by atoms with E-state index < -0.39 is 22.1 Å². The Morgan fingerprint density at radius 1 is 1.27 bits per heavy atom. The minimum atomic E-state index is -1.37. The van der Waals surface area contributed by atoms with Crippen LogP contribution >= 0.6 is 24.5 Å². The largest absolute Gasteiger partial charge is 0.591 e. The van der Waals surface area contributed by atoms with E-state index in [4.69, 9.17) is 11.6 Å². The zero-order valence-corrected chi connectivity index (χ0v) is 17.2. The van der Waals surface area contributed by atoms with Crippen molar-refractivity contribution < 1.29 is 13.5 Å². The average molecular weight is 410 g/mol. The number of carbonyl (C=O) groups is 1. The van der Waals surface area contributed by atoms with Gasteiger partial charge in [0, 0.05) is 29.9 Å². The third-order valence-electron chi connectivity index (χ3n) is 3.65. The summed E-state index contributed by atoms with van der Waals surface area (Å²) < 4.78 is 20.5. The summed E-state index contributed by atoms with van der Waals surface area (Å²) in [6.07, 6.45) is 1.98. The highest BCUT2D eigenvalue weighted by Gasteiger charge is 2.26. The van der Waals surface area contributed by atoms with Crippen molar-refractivity contribution in [3.05, 3.63) is 69.7 Å². The fourth-order valence-corrected chi connectivity index (χ4v) is 3.13. The summed E-state index contributed by atoms with van der Waals surface area (Å²) in [6.45, 7) is 5.58. The molecule has 2 aromatic carbocycles. The topological polar surface area (TPSA) is 61.7 Å². The monoisotopic (exact) mass is 409 g/mol. The van der Waals surface area contributed by atoms with Crippen molar-refractivity contribution in [3.63, 3.8) is 0 Å². The number of hydrogen-bond acceptors (Lipinski definition) is 5. The van der Waals surface area contributed by atoms with E-state index in [1.54, 1.807) is 30.5 Å². The molecule has 0 bridgehead atoms. The van der Waals surface area contributed by atoms with Gasteiger partial charge in [0.1, 0.15) is 16.1 Å². The predicted octanol–water partition coefficient (Wildman–Crippen LogP) is 4.81. The number of benzene rings is 2. The van der Waals surface area contributed by atoms with Crippen molar-refractivity contribution in [2.45, 2.75) is 31.9 Å². The van der Waals surface area contributed by atoms with Crippen LogP contribution in [0.1, 0.15) is 47.8 Å². The quantitative estimate of drug-likeness (QED) is 0.333. The first-order valence-corrected chi connectivity index (χ1v) is 9.76. The van der Waals surface area contributed by atoms with Crippen molar-refractivity contribution in [2.24, 2.45) is 4.40 Å². The van der Waals surface area contributed by atoms with Crippen LogP contribution in [0.15, 0.2) is 46.9 Å². The van der Waals surface area contributed by atoms with Crippen molar-refractivity contribution in [1.82, 2.24) is 0 Å². The number of hydrogen-bond donors (Lipinski definition) is 1. The Hall–Kier alpha value is -1.47. The van der Waals surface area contributed by atoms with Crippen LogP contribution < -0.4 is 0 Å². The van der Waals surface area contributed by atoms with Crippen LogP contribution in [0.5, 0.6) is 0 Å². The zero-order chi connectivity index (χ0) is 19.3. The molecule has 0 saturated carbocycles. The van der Waals surface area contributed by atoms with Crippen LogP contribution in [-0.4, -0.2) is 21.5 Å². The van der Waals surface area contributed by atoms with E-state index in [-0.39, 0.29) is 0 Å². The standard InChI is InChI=1S/C19H20ClNO3S2/c1-19(2,3)26(23)21-12-14-8-6-10-17(20)16(14)11-13-7-4-5-9-15(13)18(22)24-25/h4-10,12,25H,11H2,1-3H3/b21-12+. The summed E-state index contributed by atoms with van der Waals surface area (Å²) in [6, 6.07) is 12.5. The Balaban J connectivity index is 2.40. The summed E-state index contributed by atoms with van der Waals surface area (Å²) in [4.78, 5) is 11.9. The molecular formula is C19H20ClNO3S2. The van der Waals surface area contributed by atoms with Gasteiger partial charge in [0.25, 0.3) is 0 Å². The lowest BCUT2D eigenvalue weighted by Crippen LogP contribution is -2.25. The van der Waals surface area contributed by atoms with Gasteiger partial charge in [-0.25, -0.2) is 4.79 Å². The first kappa shape index (κ1) is 20.8. The highest BCUT2D eigenvalue weighted by atomic mass is 35.5. The van der Waals surface area contributed by atoms with Crippen LogP contribution in [0.2, 0.25) is 5.02 Å². The Morgan fingerprint density at radius 3 is 2.62 bits per heavy atom. The van der Waals surface area contributed by atoms with Crippen molar-refractivity contribution >= 4 is 48.1 Å². The summed E-state index contributed by atoms with van der Waals surface area (Å²) in [5.41, 5.74) is 2.72. The Bertz CT molecular complexity index is 819. The maximum Gasteiger partial charge on any atom is 0.350 e. The van der Waals surface area contributed by atoms with Gasteiger partial charge in [-0.2, -0.15) is 0 Å². The van der Waals surface area contributed by atoms with Crippen LogP contribution in [-0.2, 0) is 22.0 Å². The molecule has 0 saturated heterocycles. The maximum atomic E-state index is 12.2. The van der Waals surface area contributed by atoms with E-state index in [1.165, 1.54) is 0 Å². The Morgan fingerprint density at radius 2 is 1.96 bits per heavy atom. The van der Waals surface area contributed by atoms with Gasteiger partial charge in [-0.05, 0) is 44.0 Å². The second-order valence-electron chi connectivity index (χ2n) is 6.62. The van der Waals surface area contributed by atoms with E-state index in [2.05, 4.69) is 21.5 Å². The normalized spacial score (nSPS) is 13.0. The number of carbonyl (C=O) groups excluding carboxylic acids is 1. The minimum Gasteiger partial charge on any atom is -0.591 e. The summed E-state index contributed by atoms with van der Waals surface area (Å²) in [5.74, 6) is -0.528. The van der Waals surface area contributed by atoms with Crippen LogP contribution in [0.3, 0.4) is 0 Å². The van der Waals surface area contributed by atoms with Gasteiger partial charge >= 0.3 is 5.97 Å². The number of thiol groups is 1. The van der Waals surface area contributed by atoms with Crippen LogP contribution in [0, 0.1) is 0 Å². The van der Waals surface area contributed by atoms with Gasteiger partial charge in [0.15, 0.2) is 0 Å². The first-order valence-electron chi connectivity index (χ1n) is 7.91. The molecule has 0 amide bonds. The Kier molecular flexibility index (Phi) is 7.17. The molecule has 0 aliphatic heterocycles. The Labute approximate surface area is 167 Å². The van der Waals surface area contributed by atoms with E-state index in [0.717, 1.165) is 16.7 Å². The molecule has 0 spiro atoms. The molecule has 138 valence electrons. The molecule has 0 aliphatic carbocycles. The van der Waals surface area contributed by atoms with Crippen molar-refractivity contribution in [3.8, 4) is 0 Å². The van der Waals surface area contributed by atoms with Gasteiger partial charge in [-0.15, -0.1) is 0 Å². The molecule has 0 radical (unpaired) electrons.